The van der Waals surface area contributed by atoms with E-state index >= 15 is 0 Å². The van der Waals surface area contributed by atoms with Crippen LogP contribution in [-0.4, -0.2) is 44.5 Å². The van der Waals surface area contributed by atoms with E-state index in [1.54, 1.807) is 42.5 Å². The quantitative estimate of drug-likeness (QED) is 0.377. The molecular formula is C24H24N4O4. The van der Waals surface area contributed by atoms with Gasteiger partial charge >= 0.3 is 5.97 Å². The van der Waals surface area contributed by atoms with Crippen LogP contribution in [0.3, 0.4) is 0 Å². The van der Waals surface area contributed by atoms with Crippen molar-refractivity contribution in [3.63, 3.8) is 0 Å². The molecule has 2 N–H and O–H groups in total. The van der Waals surface area contributed by atoms with Gasteiger partial charge in [0.2, 0.25) is 0 Å². The summed E-state index contributed by atoms with van der Waals surface area (Å²) in [5.74, 6) is -1.79. The fraction of sp³-hybridized carbons (Fsp3) is 0.250. The highest BCUT2D eigenvalue weighted by atomic mass is 16.5. The van der Waals surface area contributed by atoms with Crippen molar-refractivity contribution in [3.8, 4) is 6.07 Å². The smallest absolute Gasteiger partial charge is 0.349 e. The second-order valence-corrected chi connectivity index (χ2v) is 7.57. The number of hydrogen-bond donors (Lipinski definition) is 2. The number of carbonyl (C=O) groups is 3. The third-order valence-electron chi connectivity index (χ3n) is 4.75. The van der Waals surface area contributed by atoms with Crippen molar-refractivity contribution in [2.75, 3.05) is 30.9 Å². The Hall–Kier alpha value is -4.12. The predicted octanol–water partition coefficient (Wildman–Crippen LogP) is 2.73. The van der Waals surface area contributed by atoms with Crippen LogP contribution in [-0.2, 0) is 14.3 Å². The van der Waals surface area contributed by atoms with Crippen molar-refractivity contribution >= 4 is 35.2 Å². The van der Waals surface area contributed by atoms with E-state index < -0.39 is 18.5 Å². The first-order valence-corrected chi connectivity index (χ1v) is 10.1. The van der Waals surface area contributed by atoms with Gasteiger partial charge in [-0.3, -0.25) is 9.59 Å². The van der Waals surface area contributed by atoms with Gasteiger partial charge in [-0.1, -0.05) is 24.3 Å². The lowest BCUT2D eigenvalue weighted by Gasteiger charge is -2.12. The molecule has 0 aromatic heterocycles. The SMILES string of the molecule is CN(C)c1ccc(C=C(C#N)C(=O)OCC(=O)Nc2ccccc2C(=O)NC2CC2)cc1. The number of nitrogens with one attached hydrogen (secondary N) is 2. The van der Waals surface area contributed by atoms with Gasteiger partial charge in [0, 0.05) is 25.8 Å². The van der Waals surface area contributed by atoms with Crippen LogP contribution in [0.5, 0.6) is 0 Å². The number of carbonyl (C=O) groups excluding carboxylic acids is 3. The normalized spacial score (nSPS) is 13.0. The standard InChI is InChI=1S/C24H24N4O4/c1-28(2)19-11-7-16(8-12-19)13-17(14-25)24(31)32-15-22(29)27-21-6-4-3-5-20(21)23(30)26-18-9-10-18/h3-8,11-13,18H,9-10,15H2,1-2H3,(H,26,30)(H,27,29). The minimum atomic E-state index is -0.904. The average Bonchev–Trinajstić information content (AvgIpc) is 3.60. The molecule has 0 heterocycles. The van der Waals surface area contributed by atoms with Crippen molar-refractivity contribution in [3.05, 3.63) is 65.2 Å². The molecule has 3 rings (SSSR count). The van der Waals surface area contributed by atoms with E-state index in [2.05, 4.69) is 10.6 Å². The molecule has 2 aromatic carbocycles. The molecule has 0 unspecified atom stereocenters. The lowest BCUT2D eigenvalue weighted by molar-refractivity contribution is -0.142. The number of nitriles is 1. The zero-order chi connectivity index (χ0) is 23.1. The van der Waals surface area contributed by atoms with Crippen LogP contribution in [0, 0.1) is 11.3 Å². The highest BCUT2D eigenvalue weighted by Crippen LogP contribution is 2.21. The first-order valence-electron chi connectivity index (χ1n) is 10.1. The lowest BCUT2D eigenvalue weighted by atomic mass is 10.1. The van der Waals surface area contributed by atoms with Crippen molar-refractivity contribution in [1.82, 2.24) is 5.32 Å². The molecule has 2 aromatic rings. The molecule has 1 aliphatic carbocycles. The third kappa shape index (κ3) is 6.19. The van der Waals surface area contributed by atoms with E-state index in [-0.39, 0.29) is 17.5 Å². The second kappa shape index (κ2) is 10.3. The molecule has 0 spiro atoms. The maximum atomic E-state index is 12.3. The fourth-order valence-corrected chi connectivity index (χ4v) is 2.85. The molecule has 32 heavy (non-hydrogen) atoms. The molecule has 0 aliphatic heterocycles. The Bertz CT molecular complexity index is 1080. The topological polar surface area (TPSA) is 112 Å². The summed E-state index contributed by atoms with van der Waals surface area (Å²) in [7, 11) is 3.82. The summed E-state index contributed by atoms with van der Waals surface area (Å²) in [6, 6.07) is 15.8. The number of hydrogen-bond acceptors (Lipinski definition) is 6. The Balaban J connectivity index is 1.58. The molecule has 1 fully saturated rings. The molecular weight excluding hydrogens is 408 g/mol. The van der Waals surface area contributed by atoms with Crippen LogP contribution < -0.4 is 15.5 Å². The van der Waals surface area contributed by atoms with Crippen LogP contribution >= 0.6 is 0 Å². The van der Waals surface area contributed by atoms with Gasteiger partial charge in [-0.15, -0.1) is 0 Å². The van der Waals surface area contributed by atoms with Crippen LogP contribution in [0.2, 0.25) is 0 Å². The molecule has 1 aliphatic rings. The molecule has 8 nitrogen and oxygen atoms in total. The lowest BCUT2D eigenvalue weighted by Crippen LogP contribution is -2.28. The van der Waals surface area contributed by atoms with Crippen LogP contribution in [0.15, 0.2) is 54.1 Å². The van der Waals surface area contributed by atoms with E-state index in [9.17, 15) is 19.6 Å². The van der Waals surface area contributed by atoms with E-state index in [1.165, 1.54) is 6.08 Å². The number of para-hydroxylation sites is 1. The van der Waals surface area contributed by atoms with Crippen LogP contribution in [0.25, 0.3) is 6.08 Å². The minimum absolute atomic E-state index is 0.183. The molecule has 2 amide bonds. The van der Waals surface area contributed by atoms with Crippen LogP contribution in [0.4, 0.5) is 11.4 Å². The number of ether oxygens (including phenoxy) is 1. The summed E-state index contributed by atoms with van der Waals surface area (Å²) in [6.07, 6.45) is 3.30. The Kier molecular flexibility index (Phi) is 7.24. The summed E-state index contributed by atoms with van der Waals surface area (Å²) in [6.45, 7) is -0.587. The average molecular weight is 432 g/mol. The first-order chi connectivity index (χ1) is 15.4. The Morgan fingerprint density at radius 2 is 1.81 bits per heavy atom. The van der Waals surface area contributed by atoms with Gasteiger partial charge in [0.15, 0.2) is 6.61 Å². The second-order valence-electron chi connectivity index (χ2n) is 7.57. The Labute approximate surface area is 186 Å². The van der Waals surface area contributed by atoms with Gasteiger partial charge in [-0.05, 0) is 48.7 Å². The highest BCUT2D eigenvalue weighted by molar-refractivity contribution is 6.05. The summed E-state index contributed by atoms with van der Waals surface area (Å²) in [5, 5.41) is 14.8. The summed E-state index contributed by atoms with van der Waals surface area (Å²) < 4.78 is 4.99. The monoisotopic (exact) mass is 432 g/mol. The summed E-state index contributed by atoms with van der Waals surface area (Å²) >= 11 is 0. The van der Waals surface area contributed by atoms with Crippen LogP contribution in [0.1, 0.15) is 28.8 Å². The van der Waals surface area contributed by atoms with E-state index in [0.717, 1.165) is 18.5 Å². The number of nitrogens with zero attached hydrogens (tertiary/aromatic N) is 2. The molecule has 0 saturated heterocycles. The van der Waals surface area contributed by atoms with E-state index in [0.29, 0.717) is 16.8 Å². The number of benzene rings is 2. The number of esters is 1. The predicted molar refractivity (Wildman–Crippen MR) is 121 cm³/mol. The number of rotatable bonds is 8. The molecule has 0 atom stereocenters. The van der Waals surface area contributed by atoms with Crippen molar-refractivity contribution in [1.29, 1.82) is 5.26 Å². The van der Waals surface area contributed by atoms with Gasteiger partial charge in [0.25, 0.3) is 11.8 Å². The largest absolute Gasteiger partial charge is 0.451 e. The molecule has 164 valence electrons. The highest BCUT2D eigenvalue weighted by Gasteiger charge is 2.25. The van der Waals surface area contributed by atoms with E-state index in [4.69, 9.17) is 4.74 Å². The van der Waals surface area contributed by atoms with E-state index in [1.807, 2.05) is 31.1 Å². The molecule has 1 saturated carbocycles. The molecule has 0 radical (unpaired) electrons. The summed E-state index contributed by atoms with van der Waals surface area (Å²) in [4.78, 5) is 38.8. The Morgan fingerprint density at radius 1 is 1.12 bits per heavy atom. The zero-order valence-electron chi connectivity index (χ0n) is 17.9. The summed E-state index contributed by atoms with van der Waals surface area (Å²) in [5.41, 5.74) is 2.07. The van der Waals surface area contributed by atoms with Crippen molar-refractivity contribution in [2.45, 2.75) is 18.9 Å². The van der Waals surface area contributed by atoms with Gasteiger partial charge in [0.1, 0.15) is 11.6 Å². The van der Waals surface area contributed by atoms with Crippen molar-refractivity contribution in [2.24, 2.45) is 0 Å². The minimum Gasteiger partial charge on any atom is -0.451 e. The van der Waals surface area contributed by atoms with Crippen molar-refractivity contribution < 1.29 is 19.1 Å². The van der Waals surface area contributed by atoms with Gasteiger partial charge < -0.3 is 20.3 Å². The first kappa shape index (κ1) is 22.6. The molecule has 0 bridgehead atoms. The zero-order valence-corrected chi connectivity index (χ0v) is 17.9. The fourth-order valence-electron chi connectivity index (χ4n) is 2.85. The van der Waals surface area contributed by atoms with Gasteiger partial charge in [-0.25, -0.2) is 4.79 Å². The van der Waals surface area contributed by atoms with Gasteiger partial charge in [-0.2, -0.15) is 5.26 Å². The Morgan fingerprint density at radius 3 is 2.44 bits per heavy atom. The number of anilines is 2. The maximum Gasteiger partial charge on any atom is 0.349 e. The maximum absolute atomic E-state index is 12.3. The van der Waals surface area contributed by atoms with Gasteiger partial charge in [0.05, 0.1) is 11.3 Å². The number of amides is 2. The third-order valence-corrected chi connectivity index (χ3v) is 4.75. The molecule has 8 heteroatoms.